The van der Waals surface area contributed by atoms with E-state index in [4.69, 9.17) is 4.74 Å². The number of carbonyl (C=O) groups is 2. The number of anilines is 1. The Morgan fingerprint density at radius 3 is 2.36 bits per heavy atom. The normalized spacial score (nSPS) is 10.6. The summed E-state index contributed by atoms with van der Waals surface area (Å²) < 4.78 is 8.27. The molecule has 0 aliphatic heterocycles. The van der Waals surface area contributed by atoms with Gasteiger partial charge in [0.15, 0.2) is 0 Å². The molecule has 0 unspecified atom stereocenters. The number of benzene rings is 2. The largest absolute Gasteiger partial charge is 0.427 e. The van der Waals surface area contributed by atoms with Gasteiger partial charge in [-0.2, -0.15) is 0 Å². The van der Waals surface area contributed by atoms with E-state index in [-0.39, 0.29) is 22.9 Å². The van der Waals surface area contributed by atoms with Gasteiger partial charge in [0.25, 0.3) is 11.5 Å². The summed E-state index contributed by atoms with van der Waals surface area (Å²) in [5.41, 5.74) is 1.67. The van der Waals surface area contributed by atoms with Crippen LogP contribution in [0.5, 0.6) is 5.75 Å². The predicted molar refractivity (Wildman–Crippen MR) is 106 cm³/mol. The summed E-state index contributed by atoms with van der Waals surface area (Å²) in [7, 11) is 3.33. The van der Waals surface area contributed by atoms with Crippen molar-refractivity contribution < 1.29 is 14.3 Å². The Hall–Kier alpha value is -3.61. The van der Waals surface area contributed by atoms with Crippen LogP contribution in [-0.4, -0.2) is 28.3 Å². The first-order valence-corrected chi connectivity index (χ1v) is 8.72. The molecule has 3 rings (SSSR count). The molecular formula is C21H21N3O4. The van der Waals surface area contributed by atoms with E-state index in [2.05, 4.69) is 0 Å². The maximum absolute atomic E-state index is 13.1. The highest BCUT2D eigenvalue weighted by molar-refractivity contribution is 6.06. The van der Waals surface area contributed by atoms with Crippen molar-refractivity contribution in [1.82, 2.24) is 9.36 Å². The lowest BCUT2D eigenvalue weighted by Gasteiger charge is -2.16. The standard InChI is InChI=1S/C21H21N3O4/c1-14-19(21(27)24(23(14)4)17-10-6-5-7-11-17)22(3)20(26)16-9-8-12-18(13-16)28-15(2)25/h5-13H,1-4H3. The van der Waals surface area contributed by atoms with Crippen molar-refractivity contribution in [1.29, 1.82) is 0 Å². The van der Waals surface area contributed by atoms with E-state index in [1.807, 2.05) is 30.3 Å². The van der Waals surface area contributed by atoms with E-state index >= 15 is 0 Å². The second kappa shape index (κ2) is 7.56. The highest BCUT2D eigenvalue weighted by Gasteiger charge is 2.24. The lowest BCUT2D eigenvalue weighted by Crippen LogP contribution is -2.31. The molecule has 0 aliphatic carbocycles. The summed E-state index contributed by atoms with van der Waals surface area (Å²) in [4.78, 5) is 38.5. The van der Waals surface area contributed by atoms with Gasteiger partial charge in [-0.1, -0.05) is 24.3 Å². The fourth-order valence-corrected chi connectivity index (χ4v) is 3.09. The van der Waals surface area contributed by atoms with Crippen LogP contribution in [0.4, 0.5) is 5.69 Å². The second-order valence-corrected chi connectivity index (χ2v) is 6.40. The number of carbonyl (C=O) groups excluding carboxylic acids is 2. The number of amides is 1. The van der Waals surface area contributed by atoms with Gasteiger partial charge in [0.1, 0.15) is 11.4 Å². The third-order valence-corrected chi connectivity index (χ3v) is 4.51. The molecule has 0 fully saturated rings. The molecule has 7 heteroatoms. The number of nitrogens with zero attached hydrogens (tertiary/aromatic N) is 3. The van der Waals surface area contributed by atoms with Crippen LogP contribution in [0.25, 0.3) is 5.69 Å². The Labute approximate surface area is 162 Å². The molecule has 0 atom stereocenters. The van der Waals surface area contributed by atoms with E-state index in [0.717, 1.165) is 0 Å². The van der Waals surface area contributed by atoms with Crippen molar-refractivity contribution in [3.05, 3.63) is 76.2 Å². The average Bonchev–Trinajstić information content (AvgIpc) is 2.89. The molecule has 0 bridgehead atoms. The SMILES string of the molecule is CC(=O)Oc1cccc(C(=O)N(C)c2c(C)n(C)n(-c3ccccc3)c2=O)c1. The smallest absolute Gasteiger partial charge is 0.308 e. The van der Waals surface area contributed by atoms with Crippen molar-refractivity contribution >= 4 is 17.6 Å². The minimum Gasteiger partial charge on any atom is -0.427 e. The summed E-state index contributed by atoms with van der Waals surface area (Å²) in [5.74, 6) is -0.569. The maximum Gasteiger partial charge on any atom is 0.308 e. The van der Waals surface area contributed by atoms with Gasteiger partial charge in [-0.05, 0) is 37.3 Å². The zero-order valence-electron chi connectivity index (χ0n) is 16.2. The van der Waals surface area contributed by atoms with Crippen LogP contribution in [-0.2, 0) is 11.8 Å². The van der Waals surface area contributed by atoms with Crippen LogP contribution in [0.15, 0.2) is 59.4 Å². The quantitative estimate of drug-likeness (QED) is 0.516. The van der Waals surface area contributed by atoms with Crippen LogP contribution >= 0.6 is 0 Å². The minimum absolute atomic E-state index is 0.276. The molecule has 1 heterocycles. The Kier molecular flexibility index (Phi) is 5.17. The van der Waals surface area contributed by atoms with Gasteiger partial charge < -0.3 is 9.64 Å². The zero-order valence-corrected chi connectivity index (χ0v) is 16.2. The summed E-state index contributed by atoms with van der Waals surface area (Å²) in [6.45, 7) is 3.08. The Morgan fingerprint density at radius 1 is 1.04 bits per heavy atom. The Bertz CT molecular complexity index is 1100. The van der Waals surface area contributed by atoms with Gasteiger partial charge in [-0.15, -0.1) is 0 Å². The van der Waals surface area contributed by atoms with E-state index in [1.165, 1.54) is 22.6 Å². The van der Waals surface area contributed by atoms with Gasteiger partial charge in [0, 0.05) is 26.6 Å². The fourth-order valence-electron chi connectivity index (χ4n) is 3.09. The molecule has 0 aliphatic rings. The van der Waals surface area contributed by atoms with Gasteiger partial charge >= 0.3 is 5.97 Å². The third-order valence-electron chi connectivity index (χ3n) is 4.51. The number of aromatic nitrogens is 2. The second-order valence-electron chi connectivity index (χ2n) is 6.40. The molecule has 0 saturated carbocycles. The topological polar surface area (TPSA) is 73.5 Å². The van der Waals surface area contributed by atoms with Crippen molar-refractivity contribution in [3.63, 3.8) is 0 Å². The van der Waals surface area contributed by atoms with E-state index < -0.39 is 5.97 Å². The monoisotopic (exact) mass is 379 g/mol. The molecule has 3 aromatic rings. The maximum atomic E-state index is 13.1. The molecule has 2 aromatic carbocycles. The van der Waals surface area contributed by atoms with Crippen molar-refractivity contribution in [2.45, 2.75) is 13.8 Å². The number of hydrogen-bond acceptors (Lipinski definition) is 4. The molecule has 1 aromatic heterocycles. The summed E-state index contributed by atoms with van der Waals surface area (Å²) >= 11 is 0. The number of hydrogen-bond donors (Lipinski definition) is 0. The lowest BCUT2D eigenvalue weighted by molar-refractivity contribution is -0.131. The van der Waals surface area contributed by atoms with Crippen LogP contribution in [0, 0.1) is 6.92 Å². The summed E-state index contributed by atoms with van der Waals surface area (Å²) in [6, 6.07) is 15.5. The first-order valence-electron chi connectivity index (χ1n) is 8.72. The van der Waals surface area contributed by atoms with Crippen LogP contribution in [0.2, 0.25) is 0 Å². The van der Waals surface area contributed by atoms with E-state index in [9.17, 15) is 14.4 Å². The summed E-state index contributed by atoms with van der Waals surface area (Å²) in [6.07, 6.45) is 0. The molecule has 0 spiro atoms. The minimum atomic E-state index is -0.470. The average molecular weight is 379 g/mol. The number of esters is 1. The third kappa shape index (κ3) is 3.46. The van der Waals surface area contributed by atoms with Crippen molar-refractivity contribution in [2.75, 3.05) is 11.9 Å². The highest BCUT2D eigenvalue weighted by atomic mass is 16.5. The van der Waals surface area contributed by atoms with Gasteiger partial charge in [0.2, 0.25) is 0 Å². The van der Waals surface area contributed by atoms with E-state index in [0.29, 0.717) is 16.9 Å². The van der Waals surface area contributed by atoms with E-state index in [1.54, 1.807) is 43.9 Å². The first-order chi connectivity index (χ1) is 13.3. The predicted octanol–water partition coefficient (Wildman–Crippen LogP) is 2.69. The van der Waals surface area contributed by atoms with Crippen LogP contribution in [0.1, 0.15) is 23.0 Å². The first kappa shape index (κ1) is 19.2. The highest BCUT2D eigenvalue weighted by Crippen LogP contribution is 2.21. The fraction of sp³-hybridized carbons (Fsp3) is 0.190. The zero-order chi connectivity index (χ0) is 20.4. The van der Waals surface area contributed by atoms with Gasteiger partial charge in [-0.25, -0.2) is 4.68 Å². The van der Waals surface area contributed by atoms with Crippen LogP contribution in [0.3, 0.4) is 0 Å². The Morgan fingerprint density at radius 2 is 1.71 bits per heavy atom. The molecule has 0 saturated heterocycles. The van der Waals surface area contributed by atoms with Crippen LogP contribution < -0.4 is 15.2 Å². The van der Waals surface area contributed by atoms with Crippen molar-refractivity contribution in [2.24, 2.45) is 7.05 Å². The molecule has 144 valence electrons. The molecule has 1 amide bonds. The number of ether oxygens (including phenoxy) is 1. The molecular weight excluding hydrogens is 358 g/mol. The molecule has 0 radical (unpaired) electrons. The van der Waals surface area contributed by atoms with Gasteiger partial charge in [0.05, 0.1) is 11.4 Å². The van der Waals surface area contributed by atoms with Gasteiger partial charge in [-0.3, -0.25) is 19.1 Å². The molecule has 7 nitrogen and oxygen atoms in total. The molecule has 28 heavy (non-hydrogen) atoms. The van der Waals surface area contributed by atoms with Crippen molar-refractivity contribution in [3.8, 4) is 11.4 Å². The molecule has 0 N–H and O–H groups in total. The number of para-hydroxylation sites is 1. The summed E-state index contributed by atoms with van der Waals surface area (Å²) in [5, 5.41) is 0. The lowest BCUT2D eigenvalue weighted by atomic mass is 10.2. The number of rotatable bonds is 4. The Balaban J connectivity index is 2.02.